The molecule has 19 heavy (non-hydrogen) atoms. The van der Waals surface area contributed by atoms with Crippen molar-refractivity contribution in [3.05, 3.63) is 69.4 Å². The van der Waals surface area contributed by atoms with Gasteiger partial charge in [-0.2, -0.15) is 0 Å². The molecular formula is C16H12BrFO. The number of rotatable bonds is 2. The van der Waals surface area contributed by atoms with Crippen LogP contribution in [-0.4, -0.2) is 5.78 Å². The third kappa shape index (κ3) is 2.35. The predicted molar refractivity (Wildman–Crippen MR) is 75.8 cm³/mol. The van der Waals surface area contributed by atoms with Crippen molar-refractivity contribution in [1.82, 2.24) is 0 Å². The monoisotopic (exact) mass is 318 g/mol. The van der Waals surface area contributed by atoms with Gasteiger partial charge in [0.15, 0.2) is 5.78 Å². The van der Waals surface area contributed by atoms with Gasteiger partial charge in [0.1, 0.15) is 5.82 Å². The summed E-state index contributed by atoms with van der Waals surface area (Å²) in [6.07, 6.45) is 1.17. The van der Waals surface area contributed by atoms with Crippen LogP contribution in [0.25, 0.3) is 0 Å². The van der Waals surface area contributed by atoms with E-state index in [0.29, 0.717) is 18.4 Å². The zero-order valence-electron chi connectivity index (χ0n) is 10.2. The summed E-state index contributed by atoms with van der Waals surface area (Å²) in [5.41, 5.74) is 2.47. The smallest absolute Gasteiger partial charge is 0.166 e. The fourth-order valence-electron chi connectivity index (χ4n) is 2.65. The highest BCUT2D eigenvalue weighted by Gasteiger charge is 2.30. The van der Waals surface area contributed by atoms with Gasteiger partial charge in [0.05, 0.1) is 0 Å². The van der Waals surface area contributed by atoms with Gasteiger partial charge in [-0.05, 0) is 42.2 Å². The summed E-state index contributed by atoms with van der Waals surface area (Å²) in [7, 11) is 0. The van der Waals surface area contributed by atoms with Gasteiger partial charge in [0.2, 0.25) is 0 Å². The van der Waals surface area contributed by atoms with Crippen LogP contribution in [0, 0.1) is 11.7 Å². The van der Waals surface area contributed by atoms with Crippen LogP contribution < -0.4 is 0 Å². The van der Waals surface area contributed by atoms with Crippen LogP contribution in [-0.2, 0) is 12.8 Å². The van der Waals surface area contributed by atoms with Crippen LogP contribution in [0.15, 0.2) is 46.9 Å². The maximum absolute atomic E-state index is 13.7. The molecule has 0 aliphatic heterocycles. The molecule has 1 unspecified atom stereocenters. The van der Waals surface area contributed by atoms with Gasteiger partial charge in [-0.3, -0.25) is 4.79 Å². The number of Topliss-reactive ketones (excluding diaryl/α,β-unsaturated/α-hetero) is 1. The van der Waals surface area contributed by atoms with Gasteiger partial charge < -0.3 is 0 Å². The fourth-order valence-corrected chi connectivity index (χ4v) is 3.06. The van der Waals surface area contributed by atoms with E-state index in [1.54, 1.807) is 12.1 Å². The van der Waals surface area contributed by atoms with E-state index in [-0.39, 0.29) is 17.5 Å². The number of carbonyl (C=O) groups excluding carboxylic acids is 1. The van der Waals surface area contributed by atoms with Crippen molar-refractivity contribution < 1.29 is 9.18 Å². The third-order valence-electron chi connectivity index (χ3n) is 3.59. The molecule has 0 heterocycles. The molecule has 0 fully saturated rings. The van der Waals surface area contributed by atoms with Crippen LogP contribution >= 0.6 is 15.9 Å². The quantitative estimate of drug-likeness (QED) is 0.811. The minimum absolute atomic E-state index is 0.134. The summed E-state index contributed by atoms with van der Waals surface area (Å²) in [5, 5.41) is 0. The van der Waals surface area contributed by atoms with Crippen molar-refractivity contribution in [3.63, 3.8) is 0 Å². The third-order valence-corrected chi connectivity index (χ3v) is 4.09. The van der Waals surface area contributed by atoms with Crippen molar-refractivity contribution in [1.29, 1.82) is 0 Å². The minimum Gasteiger partial charge on any atom is -0.294 e. The molecule has 1 atom stereocenters. The van der Waals surface area contributed by atoms with Crippen LogP contribution in [0.3, 0.4) is 0 Å². The van der Waals surface area contributed by atoms with Gasteiger partial charge in [-0.15, -0.1) is 0 Å². The molecule has 2 aromatic carbocycles. The Morgan fingerprint density at radius 2 is 2.00 bits per heavy atom. The average molecular weight is 319 g/mol. The van der Waals surface area contributed by atoms with Crippen LogP contribution in [0.5, 0.6) is 0 Å². The fraction of sp³-hybridized carbons (Fsp3) is 0.188. The summed E-state index contributed by atoms with van der Waals surface area (Å²) < 4.78 is 14.6. The lowest BCUT2D eigenvalue weighted by molar-refractivity contribution is 0.0936. The minimum atomic E-state index is -0.244. The normalized spacial score (nSPS) is 17.6. The predicted octanol–water partition coefficient (Wildman–Crippen LogP) is 4.19. The molecular weight excluding hydrogens is 307 g/mol. The van der Waals surface area contributed by atoms with Gasteiger partial charge in [0, 0.05) is 16.0 Å². The molecule has 0 bridgehead atoms. The van der Waals surface area contributed by atoms with Gasteiger partial charge in [-0.1, -0.05) is 40.2 Å². The lowest BCUT2D eigenvalue weighted by Crippen LogP contribution is -2.13. The van der Waals surface area contributed by atoms with E-state index in [4.69, 9.17) is 0 Å². The highest BCUT2D eigenvalue weighted by Crippen LogP contribution is 2.30. The molecule has 0 saturated heterocycles. The molecule has 0 spiro atoms. The molecule has 3 heteroatoms. The summed E-state index contributed by atoms with van der Waals surface area (Å²) >= 11 is 3.34. The molecule has 96 valence electrons. The first-order valence-corrected chi connectivity index (χ1v) is 7.00. The maximum Gasteiger partial charge on any atom is 0.166 e. The summed E-state index contributed by atoms with van der Waals surface area (Å²) in [6.45, 7) is 0. The topological polar surface area (TPSA) is 17.1 Å². The Hall–Kier alpha value is -1.48. The van der Waals surface area contributed by atoms with E-state index in [9.17, 15) is 9.18 Å². The Labute approximate surface area is 119 Å². The summed E-state index contributed by atoms with van der Waals surface area (Å²) in [5.74, 6) is -0.247. The number of hydrogen-bond acceptors (Lipinski definition) is 1. The van der Waals surface area contributed by atoms with Gasteiger partial charge in [-0.25, -0.2) is 4.39 Å². The highest BCUT2D eigenvalue weighted by atomic mass is 79.9. The van der Waals surface area contributed by atoms with Crippen molar-refractivity contribution >= 4 is 21.7 Å². The van der Waals surface area contributed by atoms with Gasteiger partial charge >= 0.3 is 0 Å². The Morgan fingerprint density at radius 1 is 1.21 bits per heavy atom. The largest absolute Gasteiger partial charge is 0.294 e. The van der Waals surface area contributed by atoms with E-state index >= 15 is 0 Å². The molecule has 0 amide bonds. The van der Waals surface area contributed by atoms with E-state index in [1.807, 2.05) is 24.3 Å². The van der Waals surface area contributed by atoms with E-state index in [1.165, 1.54) is 6.07 Å². The SMILES string of the molecule is O=C1c2ccccc2CC1Cc1cc(Br)ccc1F. The summed E-state index contributed by atoms with van der Waals surface area (Å²) in [4.78, 5) is 12.3. The molecule has 1 nitrogen and oxygen atoms in total. The van der Waals surface area contributed by atoms with Crippen molar-refractivity contribution in [2.45, 2.75) is 12.8 Å². The molecule has 0 radical (unpaired) electrons. The van der Waals surface area contributed by atoms with Gasteiger partial charge in [0.25, 0.3) is 0 Å². The molecule has 3 rings (SSSR count). The second-order valence-corrected chi connectivity index (χ2v) is 5.78. The highest BCUT2D eigenvalue weighted by molar-refractivity contribution is 9.10. The second-order valence-electron chi connectivity index (χ2n) is 4.86. The van der Waals surface area contributed by atoms with Crippen molar-refractivity contribution in [2.75, 3.05) is 0 Å². The van der Waals surface area contributed by atoms with E-state index < -0.39 is 0 Å². The van der Waals surface area contributed by atoms with Crippen molar-refractivity contribution in [3.8, 4) is 0 Å². The lowest BCUT2D eigenvalue weighted by Gasteiger charge is -2.09. The Bertz CT molecular complexity index is 651. The van der Waals surface area contributed by atoms with E-state index in [2.05, 4.69) is 15.9 Å². The molecule has 1 aliphatic carbocycles. The van der Waals surface area contributed by atoms with Crippen molar-refractivity contribution in [2.24, 2.45) is 5.92 Å². The van der Waals surface area contributed by atoms with Crippen LogP contribution in [0.4, 0.5) is 4.39 Å². The molecule has 0 saturated carbocycles. The van der Waals surface area contributed by atoms with Crippen LogP contribution in [0.1, 0.15) is 21.5 Å². The number of benzene rings is 2. The first kappa shape index (κ1) is 12.5. The van der Waals surface area contributed by atoms with E-state index in [0.717, 1.165) is 15.6 Å². The molecule has 0 aromatic heterocycles. The lowest BCUT2D eigenvalue weighted by atomic mass is 9.95. The molecule has 1 aliphatic rings. The summed E-state index contributed by atoms with van der Waals surface area (Å²) in [6, 6.07) is 12.5. The Balaban J connectivity index is 1.87. The molecule has 0 N–H and O–H groups in total. The zero-order valence-corrected chi connectivity index (χ0v) is 11.8. The number of ketones is 1. The number of hydrogen-bond donors (Lipinski definition) is 0. The second kappa shape index (κ2) is 4.89. The average Bonchev–Trinajstić information content (AvgIpc) is 2.72. The maximum atomic E-state index is 13.7. The first-order chi connectivity index (χ1) is 9.15. The Kier molecular flexibility index (Phi) is 3.23. The number of halogens is 2. The van der Waals surface area contributed by atoms with Crippen LogP contribution in [0.2, 0.25) is 0 Å². The first-order valence-electron chi connectivity index (χ1n) is 6.21. The number of fused-ring (bicyclic) bond motifs is 1. The zero-order chi connectivity index (χ0) is 13.4. The number of carbonyl (C=O) groups is 1. The molecule has 2 aromatic rings. The standard InChI is InChI=1S/C16H12BrFO/c17-13-5-6-15(18)11(9-13)8-12-7-10-3-1-2-4-14(10)16(12)19/h1-6,9,12H,7-8H2. The Morgan fingerprint density at radius 3 is 2.79 bits per heavy atom.